The smallest absolute Gasteiger partial charge is 0.133 e. The van der Waals surface area contributed by atoms with E-state index in [9.17, 15) is 4.57 Å². The summed E-state index contributed by atoms with van der Waals surface area (Å²) in [7, 11) is -2.48. The maximum Gasteiger partial charge on any atom is 0.695 e. The zero-order valence-corrected chi connectivity index (χ0v) is 11.3. The Kier molecular flexibility index (Phi) is 10.8. The van der Waals surface area contributed by atoms with Crippen molar-refractivity contribution >= 4 is 14.3 Å². The molecular formula is C13H20O3P+. The lowest BCUT2D eigenvalue weighted by molar-refractivity contribution is 0.313. The maximum atomic E-state index is 10.1. The summed E-state index contributed by atoms with van der Waals surface area (Å²) in [5, 5.41) is 0. The van der Waals surface area contributed by atoms with Crippen LogP contribution in [0, 0.1) is 0 Å². The van der Waals surface area contributed by atoms with E-state index in [4.69, 9.17) is 4.89 Å². The van der Waals surface area contributed by atoms with Gasteiger partial charge in [-0.1, -0.05) is 69.2 Å². The van der Waals surface area contributed by atoms with Crippen LogP contribution in [0.25, 0.3) is 6.08 Å². The molecule has 1 atom stereocenters. The number of unbranched alkanes of at least 4 members (excludes halogenated alkanes) is 1. The first-order valence-electron chi connectivity index (χ1n) is 5.71. The lowest BCUT2D eigenvalue weighted by atomic mass is 10.2. The number of benzene rings is 1. The van der Waals surface area contributed by atoms with Crippen LogP contribution in [0.15, 0.2) is 36.4 Å². The van der Waals surface area contributed by atoms with Gasteiger partial charge in [0.2, 0.25) is 0 Å². The van der Waals surface area contributed by atoms with Crippen LogP contribution in [0.4, 0.5) is 0 Å². The van der Waals surface area contributed by atoms with E-state index >= 15 is 0 Å². The summed E-state index contributed by atoms with van der Waals surface area (Å²) in [6.45, 7) is 4.51. The minimum absolute atomic E-state index is 0.153. The van der Waals surface area contributed by atoms with Gasteiger partial charge in [-0.05, 0) is 5.56 Å². The largest absolute Gasteiger partial charge is 0.695 e. The van der Waals surface area contributed by atoms with Crippen molar-refractivity contribution in [3.63, 3.8) is 0 Å². The van der Waals surface area contributed by atoms with E-state index in [0.717, 1.165) is 5.56 Å². The summed E-state index contributed by atoms with van der Waals surface area (Å²) in [6.07, 6.45) is 6.16. The van der Waals surface area contributed by atoms with Crippen molar-refractivity contribution in [2.75, 3.05) is 6.61 Å². The number of hydrogen-bond donors (Lipinski definition) is 1. The molecular weight excluding hydrogens is 235 g/mol. The van der Waals surface area contributed by atoms with Crippen LogP contribution >= 0.6 is 8.25 Å². The van der Waals surface area contributed by atoms with Crippen LogP contribution in [-0.4, -0.2) is 11.5 Å². The monoisotopic (exact) mass is 255 g/mol. The minimum atomic E-state index is -2.48. The lowest BCUT2D eigenvalue weighted by Gasteiger charge is -1.88. The molecule has 94 valence electrons. The molecule has 0 aliphatic carbocycles. The molecule has 0 amide bonds. The van der Waals surface area contributed by atoms with Crippen molar-refractivity contribution < 1.29 is 14.0 Å². The third-order valence-corrected chi connectivity index (χ3v) is 2.26. The molecule has 0 saturated heterocycles. The average Bonchev–Trinajstić information content (AvgIpc) is 2.36. The first-order valence-corrected chi connectivity index (χ1v) is 6.84. The van der Waals surface area contributed by atoms with Crippen LogP contribution < -0.4 is 0 Å². The lowest BCUT2D eigenvalue weighted by Crippen LogP contribution is -1.78. The molecule has 1 aromatic rings. The molecule has 1 N–H and O–H groups in total. The van der Waals surface area contributed by atoms with E-state index in [1.54, 1.807) is 6.08 Å². The Morgan fingerprint density at radius 3 is 2.29 bits per heavy atom. The molecule has 4 heteroatoms. The molecule has 0 aromatic heterocycles. The van der Waals surface area contributed by atoms with Gasteiger partial charge in [0.25, 0.3) is 0 Å². The quantitative estimate of drug-likeness (QED) is 0.803. The summed E-state index contributed by atoms with van der Waals surface area (Å²) >= 11 is 0. The first-order chi connectivity index (χ1) is 8.20. The summed E-state index contributed by atoms with van der Waals surface area (Å²) in [6, 6.07) is 9.66. The highest BCUT2D eigenvalue weighted by Crippen LogP contribution is 2.13. The van der Waals surface area contributed by atoms with E-state index in [2.05, 4.69) is 18.4 Å². The van der Waals surface area contributed by atoms with Gasteiger partial charge in [0, 0.05) is 4.57 Å². The minimum Gasteiger partial charge on any atom is -0.133 e. The van der Waals surface area contributed by atoms with Gasteiger partial charge in [0.15, 0.2) is 0 Å². The van der Waals surface area contributed by atoms with Crippen molar-refractivity contribution in [2.24, 2.45) is 0 Å². The fraction of sp³-hybridized carbons (Fsp3) is 0.385. The van der Waals surface area contributed by atoms with Gasteiger partial charge in [-0.25, -0.2) is 0 Å². The van der Waals surface area contributed by atoms with Crippen LogP contribution in [0.1, 0.15) is 32.3 Å². The van der Waals surface area contributed by atoms with E-state index in [-0.39, 0.29) is 6.61 Å². The zero-order chi connectivity index (χ0) is 12.9. The van der Waals surface area contributed by atoms with Gasteiger partial charge in [0.1, 0.15) is 6.61 Å². The van der Waals surface area contributed by atoms with E-state index in [1.165, 1.54) is 12.8 Å². The predicted molar refractivity (Wildman–Crippen MR) is 71.8 cm³/mol. The van der Waals surface area contributed by atoms with Crippen LogP contribution in [-0.2, 0) is 9.09 Å². The molecule has 0 aliphatic heterocycles. The van der Waals surface area contributed by atoms with Crippen LogP contribution in [0.2, 0.25) is 0 Å². The Balaban J connectivity index is 0.000000557. The Bertz CT molecular complexity index is 321. The molecule has 0 aliphatic rings. The Morgan fingerprint density at radius 1 is 1.24 bits per heavy atom. The maximum absolute atomic E-state index is 10.1. The highest BCUT2D eigenvalue weighted by molar-refractivity contribution is 7.32. The molecule has 0 fully saturated rings. The molecule has 17 heavy (non-hydrogen) atoms. The fourth-order valence-corrected chi connectivity index (χ4v) is 1.07. The summed E-state index contributed by atoms with van der Waals surface area (Å²) < 4.78 is 14.5. The average molecular weight is 255 g/mol. The zero-order valence-electron chi connectivity index (χ0n) is 10.4. The van der Waals surface area contributed by atoms with Gasteiger partial charge in [-0.3, -0.25) is 0 Å². The molecule has 0 spiro atoms. The topological polar surface area (TPSA) is 46.5 Å². The molecule has 0 bridgehead atoms. The molecule has 0 saturated carbocycles. The van der Waals surface area contributed by atoms with Crippen molar-refractivity contribution in [3.05, 3.63) is 42.0 Å². The molecule has 1 aromatic carbocycles. The second kappa shape index (κ2) is 11.5. The van der Waals surface area contributed by atoms with Gasteiger partial charge >= 0.3 is 8.25 Å². The van der Waals surface area contributed by atoms with Gasteiger partial charge < -0.3 is 0 Å². The van der Waals surface area contributed by atoms with Crippen LogP contribution in [0.5, 0.6) is 0 Å². The Morgan fingerprint density at radius 2 is 1.82 bits per heavy atom. The van der Waals surface area contributed by atoms with Gasteiger partial charge in [0.05, 0.1) is 0 Å². The molecule has 1 unspecified atom stereocenters. The van der Waals surface area contributed by atoms with Crippen molar-refractivity contribution in [3.8, 4) is 0 Å². The summed E-state index contributed by atoms with van der Waals surface area (Å²) in [5.74, 6) is 0. The third kappa shape index (κ3) is 11.2. The van der Waals surface area contributed by atoms with Crippen molar-refractivity contribution in [2.45, 2.75) is 26.7 Å². The van der Waals surface area contributed by atoms with Crippen LogP contribution in [0.3, 0.4) is 0 Å². The second-order valence-corrected chi connectivity index (χ2v) is 4.08. The highest BCUT2D eigenvalue weighted by atomic mass is 31.1. The van der Waals surface area contributed by atoms with Crippen molar-refractivity contribution in [1.29, 1.82) is 0 Å². The summed E-state index contributed by atoms with van der Waals surface area (Å²) in [5.41, 5.74) is 1.04. The number of hydrogen-bond acceptors (Lipinski definition) is 2. The van der Waals surface area contributed by atoms with Crippen molar-refractivity contribution in [1.82, 2.24) is 0 Å². The molecule has 0 radical (unpaired) electrons. The van der Waals surface area contributed by atoms with E-state index in [0.29, 0.717) is 0 Å². The molecule has 3 nitrogen and oxygen atoms in total. The fourth-order valence-electron chi connectivity index (χ4n) is 0.855. The van der Waals surface area contributed by atoms with Gasteiger partial charge in [-0.2, -0.15) is 0 Å². The second-order valence-electron chi connectivity index (χ2n) is 3.35. The first kappa shape index (κ1) is 16.0. The van der Waals surface area contributed by atoms with E-state index < -0.39 is 8.25 Å². The standard InChI is InChI=1S/C9H9O3P.C4H10/c10-13(11)12-8-4-7-9-5-2-1-3-6-9;1-3-4-2/h1-7H,8H2;3-4H2,1-2H3/p+1/b7-4+;. The Hall–Kier alpha value is -1.02. The third-order valence-electron chi connectivity index (χ3n) is 1.89. The normalized spacial score (nSPS) is 10.9. The number of rotatable bonds is 5. The van der Waals surface area contributed by atoms with E-state index in [1.807, 2.05) is 36.4 Å². The van der Waals surface area contributed by atoms with Gasteiger partial charge in [-0.15, -0.1) is 9.42 Å². The summed E-state index contributed by atoms with van der Waals surface area (Å²) in [4.78, 5) is 8.30. The highest BCUT2D eigenvalue weighted by Gasteiger charge is 2.08. The SMILES string of the molecule is CCCC.O=[P+](O)OC/C=C/c1ccccc1. The molecule has 1 rings (SSSR count). The predicted octanol–water partition coefficient (Wildman–Crippen LogP) is 4.17. The Labute approximate surface area is 104 Å². The molecule has 0 heterocycles.